The van der Waals surface area contributed by atoms with E-state index in [4.69, 9.17) is 0 Å². The number of nitrogens with zero attached hydrogens (tertiary/aromatic N) is 2. The molecule has 1 aliphatic carbocycles. The molecular formula is C16H23N3O. The van der Waals surface area contributed by atoms with E-state index in [0.717, 1.165) is 18.7 Å². The Balaban J connectivity index is 1.65. The first-order valence-electron chi connectivity index (χ1n) is 7.49. The van der Waals surface area contributed by atoms with E-state index in [1.54, 1.807) is 4.90 Å². The van der Waals surface area contributed by atoms with Gasteiger partial charge in [-0.1, -0.05) is 12.5 Å². The second kappa shape index (κ2) is 5.44. The maximum atomic E-state index is 12.2. The first-order chi connectivity index (χ1) is 9.65. The molecule has 1 fully saturated rings. The fourth-order valence-corrected chi connectivity index (χ4v) is 2.84. The summed E-state index contributed by atoms with van der Waals surface area (Å²) in [6.07, 6.45) is 4.81. The molecule has 0 spiro atoms. The number of anilines is 2. The number of hydrogen-bond donors (Lipinski definition) is 1. The Morgan fingerprint density at radius 3 is 2.95 bits per heavy atom. The summed E-state index contributed by atoms with van der Waals surface area (Å²) in [4.78, 5) is 16.2. The average molecular weight is 273 g/mol. The molecule has 0 saturated heterocycles. The summed E-state index contributed by atoms with van der Waals surface area (Å²) in [5.41, 5.74) is 3.62. The van der Waals surface area contributed by atoms with Crippen LogP contribution in [0.3, 0.4) is 0 Å². The van der Waals surface area contributed by atoms with Crippen LogP contribution in [0.5, 0.6) is 0 Å². The fraction of sp³-hybridized carbons (Fsp3) is 0.562. The summed E-state index contributed by atoms with van der Waals surface area (Å²) in [5.74, 6) is 0.137. The number of nitrogens with one attached hydrogen (secondary N) is 1. The van der Waals surface area contributed by atoms with Gasteiger partial charge in [-0.25, -0.2) is 0 Å². The van der Waals surface area contributed by atoms with E-state index in [2.05, 4.69) is 35.5 Å². The van der Waals surface area contributed by atoms with Crippen LogP contribution in [0.15, 0.2) is 18.2 Å². The SMILES string of the molecule is CN1CCc2ccc(N(C)C(=O)CNC3CCC3)cc21. The molecule has 1 amide bonds. The van der Waals surface area contributed by atoms with E-state index in [1.807, 2.05) is 7.05 Å². The number of amides is 1. The summed E-state index contributed by atoms with van der Waals surface area (Å²) in [5, 5.41) is 3.33. The third kappa shape index (κ3) is 2.52. The normalized spacial score (nSPS) is 17.8. The van der Waals surface area contributed by atoms with Crippen molar-refractivity contribution in [3.63, 3.8) is 0 Å². The lowest BCUT2D eigenvalue weighted by Gasteiger charge is -2.27. The van der Waals surface area contributed by atoms with Crippen LogP contribution in [0.1, 0.15) is 24.8 Å². The number of hydrogen-bond acceptors (Lipinski definition) is 3. The summed E-state index contributed by atoms with van der Waals surface area (Å²) >= 11 is 0. The second-order valence-corrected chi connectivity index (χ2v) is 5.95. The van der Waals surface area contributed by atoms with Gasteiger partial charge in [0.25, 0.3) is 0 Å². The third-order valence-electron chi connectivity index (χ3n) is 4.61. The van der Waals surface area contributed by atoms with E-state index in [1.165, 1.54) is 30.5 Å². The number of likely N-dealkylation sites (N-methyl/N-ethyl adjacent to an activating group) is 2. The topological polar surface area (TPSA) is 35.6 Å². The van der Waals surface area contributed by atoms with Gasteiger partial charge in [-0.15, -0.1) is 0 Å². The monoisotopic (exact) mass is 273 g/mol. The minimum atomic E-state index is 0.137. The first kappa shape index (κ1) is 13.4. The number of carbonyl (C=O) groups is 1. The lowest BCUT2D eigenvalue weighted by atomic mass is 9.93. The quantitative estimate of drug-likeness (QED) is 0.908. The van der Waals surface area contributed by atoms with Gasteiger partial charge in [-0.3, -0.25) is 4.79 Å². The third-order valence-corrected chi connectivity index (χ3v) is 4.61. The molecule has 0 unspecified atom stereocenters. The molecule has 108 valence electrons. The number of carbonyl (C=O) groups excluding carboxylic acids is 1. The van der Waals surface area contributed by atoms with E-state index >= 15 is 0 Å². The van der Waals surface area contributed by atoms with E-state index in [-0.39, 0.29) is 5.91 Å². The maximum Gasteiger partial charge on any atom is 0.240 e. The van der Waals surface area contributed by atoms with Crippen molar-refractivity contribution in [1.82, 2.24) is 5.32 Å². The smallest absolute Gasteiger partial charge is 0.240 e. The standard InChI is InChI=1S/C16H23N3O/c1-18-9-8-12-6-7-14(10-15(12)18)19(2)16(20)11-17-13-4-3-5-13/h6-7,10,13,17H,3-5,8-9,11H2,1-2H3. The number of fused-ring (bicyclic) bond motifs is 1. The molecule has 3 rings (SSSR count). The molecule has 2 aliphatic rings. The Labute approximate surface area is 120 Å². The van der Waals surface area contributed by atoms with Crippen LogP contribution >= 0.6 is 0 Å². The van der Waals surface area contributed by atoms with Crippen LogP contribution in [-0.4, -0.2) is 39.1 Å². The lowest BCUT2D eigenvalue weighted by Crippen LogP contribution is -2.42. The number of rotatable bonds is 4. The zero-order valence-electron chi connectivity index (χ0n) is 12.4. The largest absolute Gasteiger partial charge is 0.374 e. The van der Waals surface area contributed by atoms with Gasteiger partial charge in [0, 0.05) is 38.1 Å². The molecule has 0 atom stereocenters. The molecule has 0 radical (unpaired) electrons. The van der Waals surface area contributed by atoms with Crippen LogP contribution in [-0.2, 0) is 11.2 Å². The Kier molecular flexibility index (Phi) is 3.66. The highest BCUT2D eigenvalue weighted by Crippen LogP contribution is 2.30. The Morgan fingerprint density at radius 1 is 1.45 bits per heavy atom. The Hall–Kier alpha value is -1.55. The molecule has 4 nitrogen and oxygen atoms in total. The van der Waals surface area contributed by atoms with Gasteiger partial charge in [0.15, 0.2) is 0 Å². The highest BCUT2D eigenvalue weighted by Gasteiger charge is 2.21. The summed E-state index contributed by atoms with van der Waals surface area (Å²) in [7, 11) is 3.97. The molecular weight excluding hydrogens is 250 g/mol. The Bertz CT molecular complexity index is 510. The van der Waals surface area contributed by atoms with Gasteiger partial charge in [0.2, 0.25) is 5.91 Å². The van der Waals surface area contributed by atoms with Crippen molar-refractivity contribution >= 4 is 17.3 Å². The molecule has 1 heterocycles. The molecule has 1 aromatic rings. The van der Waals surface area contributed by atoms with Crippen molar-refractivity contribution in [1.29, 1.82) is 0 Å². The predicted molar refractivity (Wildman–Crippen MR) is 82.5 cm³/mol. The molecule has 0 bridgehead atoms. The van der Waals surface area contributed by atoms with Crippen molar-refractivity contribution in [2.75, 3.05) is 37.0 Å². The van der Waals surface area contributed by atoms with E-state index < -0.39 is 0 Å². The minimum absolute atomic E-state index is 0.137. The number of benzene rings is 1. The van der Waals surface area contributed by atoms with Gasteiger partial charge < -0.3 is 15.1 Å². The van der Waals surface area contributed by atoms with Crippen LogP contribution in [0.2, 0.25) is 0 Å². The molecule has 1 saturated carbocycles. The van der Waals surface area contributed by atoms with E-state index in [9.17, 15) is 4.79 Å². The van der Waals surface area contributed by atoms with Gasteiger partial charge in [-0.05, 0) is 37.0 Å². The minimum Gasteiger partial charge on any atom is -0.374 e. The van der Waals surface area contributed by atoms with Gasteiger partial charge in [0.1, 0.15) is 0 Å². The van der Waals surface area contributed by atoms with Crippen molar-refractivity contribution in [2.24, 2.45) is 0 Å². The van der Waals surface area contributed by atoms with Crippen molar-refractivity contribution in [3.8, 4) is 0 Å². The summed E-state index contributed by atoms with van der Waals surface area (Å²) in [6, 6.07) is 6.89. The van der Waals surface area contributed by atoms with Gasteiger partial charge in [0.05, 0.1) is 6.54 Å². The molecule has 20 heavy (non-hydrogen) atoms. The fourth-order valence-electron chi connectivity index (χ4n) is 2.84. The lowest BCUT2D eigenvalue weighted by molar-refractivity contribution is -0.117. The van der Waals surface area contributed by atoms with Gasteiger partial charge in [-0.2, -0.15) is 0 Å². The predicted octanol–water partition coefficient (Wildman–Crippen LogP) is 1.78. The second-order valence-electron chi connectivity index (χ2n) is 5.95. The summed E-state index contributed by atoms with van der Waals surface area (Å²) in [6.45, 7) is 1.51. The Morgan fingerprint density at radius 2 is 2.25 bits per heavy atom. The maximum absolute atomic E-state index is 12.2. The molecule has 1 aromatic carbocycles. The zero-order valence-corrected chi connectivity index (χ0v) is 12.4. The van der Waals surface area contributed by atoms with Gasteiger partial charge >= 0.3 is 0 Å². The van der Waals surface area contributed by atoms with Crippen molar-refractivity contribution < 1.29 is 4.79 Å². The zero-order chi connectivity index (χ0) is 14.1. The van der Waals surface area contributed by atoms with Crippen molar-refractivity contribution in [3.05, 3.63) is 23.8 Å². The molecule has 0 aromatic heterocycles. The van der Waals surface area contributed by atoms with Crippen LogP contribution < -0.4 is 15.1 Å². The molecule has 1 aliphatic heterocycles. The van der Waals surface area contributed by atoms with Crippen LogP contribution in [0, 0.1) is 0 Å². The van der Waals surface area contributed by atoms with Crippen LogP contribution in [0.25, 0.3) is 0 Å². The summed E-state index contributed by atoms with van der Waals surface area (Å²) < 4.78 is 0. The van der Waals surface area contributed by atoms with Crippen molar-refractivity contribution in [2.45, 2.75) is 31.7 Å². The van der Waals surface area contributed by atoms with Crippen LogP contribution in [0.4, 0.5) is 11.4 Å². The van der Waals surface area contributed by atoms with E-state index in [0.29, 0.717) is 12.6 Å². The molecule has 4 heteroatoms. The highest BCUT2D eigenvalue weighted by molar-refractivity contribution is 5.95. The highest BCUT2D eigenvalue weighted by atomic mass is 16.2. The molecule has 1 N–H and O–H groups in total. The average Bonchev–Trinajstić information content (AvgIpc) is 2.77. The first-order valence-corrected chi connectivity index (χ1v) is 7.49.